The lowest BCUT2D eigenvalue weighted by atomic mass is 9.97. The number of para-hydroxylation sites is 1. The number of fused-ring (bicyclic) bond motifs is 1. The highest BCUT2D eigenvalue weighted by molar-refractivity contribution is 5.83. The van der Waals surface area contributed by atoms with Crippen molar-refractivity contribution in [3.8, 4) is 17.2 Å². The lowest BCUT2D eigenvalue weighted by Crippen LogP contribution is -2.34. The Morgan fingerprint density at radius 3 is 2.47 bits per heavy atom. The van der Waals surface area contributed by atoms with Crippen molar-refractivity contribution in [3.63, 3.8) is 0 Å². The van der Waals surface area contributed by atoms with Gasteiger partial charge in [-0.3, -0.25) is 4.79 Å². The number of amides is 1. The van der Waals surface area contributed by atoms with Crippen molar-refractivity contribution < 1.29 is 19.0 Å². The van der Waals surface area contributed by atoms with Crippen molar-refractivity contribution in [2.24, 2.45) is 0 Å². The normalized spacial score (nSPS) is 13.7. The molecular formula is C26H30N2O4. The summed E-state index contributed by atoms with van der Waals surface area (Å²) in [6.45, 7) is 1.29. The Morgan fingerprint density at radius 1 is 1.06 bits per heavy atom. The van der Waals surface area contributed by atoms with E-state index in [2.05, 4.69) is 35.5 Å². The summed E-state index contributed by atoms with van der Waals surface area (Å²) in [5.41, 5.74) is 4.48. The Balaban J connectivity index is 1.38. The van der Waals surface area contributed by atoms with Gasteiger partial charge in [-0.2, -0.15) is 0 Å². The maximum atomic E-state index is 12.8. The molecule has 168 valence electrons. The number of aromatic amines is 1. The number of rotatable bonds is 8. The van der Waals surface area contributed by atoms with Crippen LogP contribution in [0.4, 0.5) is 0 Å². The second-order valence-electron chi connectivity index (χ2n) is 7.94. The fourth-order valence-corrected chi connectivity index (χ4v) is 4.37. The van der Waals surface area contributed by atoms with Crippen molar-refractivity contribution >= 4 is 22.4 Å². The van der Waals surface area contributed by atoms with Crippen LogP contribution in [0.5, 0.6) is 17.2 Å². The van der Waals surface area contributed by atoms with Crippen LogP contribution < -0.4 is 14.2 Å². The number of H-pyrrole nitrogens is 1. The maximum absolute atomic E-state index is 12.8. The number of hydrogen-bond donors (Lipinski definition) is 1. The number of carbonyl (C=O) groups excluding carboxylic acids is 1. The van der Waals surface area contributed by atoms with E-state index < -0.39 is 0 Å². The second kappa shape index (κ2) is 9.81. The van der Waals surface area contributed by atoms with Gasteiger partial charge in [-0.05, 0) is 36.5 Å². The minimum absolute atomic E-state index is 0.203. The van der Waals surface area contributed by atoms with Gasteiger partial charge < -0.3 is 24.1 Å². The van der Waals surface area contributed by atoms with Crippen LogP contribution in [0, 0.1) is 0 Å². The molecule has 4 rings (SSSR count). The molecule has 0 fully saturated rings. The van der Waals surface area contributed by atoms with E-state index in [-0.39, 0.29) is 5.91 Å². The molecule has 1 aliphatic heterocycles. The fourth-order valence-electron chi connectivity index (χ4n) is 4.37. The van der Waals surface area contributed by atoms with Gasteiger partial charge in [-0.1, -0.05) is 24.3 Å². The highest BCUT2D eigenvalue weighted by atomic mass is 16.5. The molecule has 6 heteroatoms. The summed E-state index contributed by atoms with van der Waals surface area (Å²) in [6.07, 6.45) is 7.21. The van der Waals surface area contributed by atoms with Crippen LogP contribution in [0.1, 0.15) is 30.4 Å². The fraction of sp³-hybridized carbons (Fsp3) is 0.346. The molecule has 0 saturated carbocycles. The number of aromatic nitrogens is 1. The zero-order chi connectivity index (χ0) is 22.5. The Labute approximate surface area is 188 Å². The predicted molar refractivity (Wildman–Crippen MR) is 127 cm³/mol. The standard InChI is InChI=1S/C26H30N2O4/c1-30-20-15-23(31-2)26(24(16-20)32-3)18-11-13-28(14-12-18)25(29)10-6-7-19-17-27-22-9-5-4-8-21(19)22/h4-5,8-9,11,15-17,27H,6-7,10,12-14H2,1-3H3. The van der Waals surface area contributed by atoms with Gasteiger partial charge in [-0.25, -0.2) is 0 Å². The second-order valence-corrected chi connectivity index (χ2v) is 7.94. The highest BCUT2D eigenvalue weighted by Gasteiger charge is 2.23. The maximum Gasteiger partial charge on any atom is 0.222 e. The van der Waals surface area contributed by atoms with Gasteiger partial charge in [0.05, 0.1) is 26.9 Å². The molecule has 2 aromatic carbocycles. The summed E-state index contributed by atoms with van der Waals surface area (Å²) in [5.74, 6) is 2.32. The van der Waals surface area contributed by atoms with Gasteiger partial charge in [0, 0.05) is 48.7 Å². The third-order valence-corrected chi connectivity index (χ3v) is 6.11. The first kappa shape index (κ1) is 21.8. The van der Waals surface area contributed by atoms with E-state index in [4.69, 9.17) is 14.2 Å². The SMILES string of the molecule is COc1cc(OC)c(C2=CCN(C(=O)CCCc3c[nH]c4ccccc34)CC2)c(OC)c1. The molecule has 32 heavy (non-hydrogen) atoms. The van der Waals surface area contributed by atoms with Crippen molar-refractivity contribution in [3.05, 3.63) is 59.8 Å². The number of aryl methyl sites for hydroxylation is 1. The molecule has 1 aromatic heterocycles. The summed E-state index contributed by atoms with van der Waals surface area (Å²) in [4.78, 5) is 18.0. The molecule has 6 nitrogen and oxygen atoms in total. The number of methoxy groups -OCH3 is 3. The third kappa shape index (κ3) is 4.44. The number of nitrogens with zero attached hydrogens (tertiary/aromatic N) is 1. The summed E-state index contributed by atoms with van der Waals surface area (Å²) in [5, 5.41) is 1.24. The lowest BCUT2D eigenvalue weighted by Gasteiger charge is -2.28. The van der Waals surface area contributed by atoms with Gasteiger partial charge in [0.2, 0.25) is 5.91 Å². The number of hydrogen-bond acceptors (Lipinski definition) is 4. The number of carbonyl (C=O) groups is 1. The number of ether oxygens (including phenoxy) is 3. The molecule has 0 atom stereocenters. The summed E-state index contributed by atoms with van der Waals surface area (Å²) in [6, 6.07) is 12.0. The van der Waals surface area contributed by atoms with Crippen molar-refractivity contribution in [1.29, 1.82) is 0 Å². The summed E-state index contributed by atoms with van der Waals surface area (Å²) >= 11 is 0. The Kier molecular flexibility index (Phi) is 6.69. The van der Waals surface area contributed by atoms with E-state index in [0.717, 1.165) is 35.9 Å². The topological polar surface area (TPSA) is 63.8 Å². The monoisotopic (exact) mass is 434 g/mol. The number of nitrogens with one attached hydrogen (secondary N) is 1. The first-order valence-electron chi connectivity index (χ1n) is 11.0. The molecule has 0 saturated heterocycles. The Morgan fingerprint density at radius 2 is 1.81 bits per heavy atom. The first-order valence-corrected chi connectivity index (χ1v) is 11.0. The smallest absolute Gasteiger partial charge is 0.222 e. The molecule has 0 aliphatic carbocycles. The minimum atomic E-state index is 0.203. The zero-order valence-electron chi connectivity index (χ0n) is 18.9. The molecule has 1 aliphatic rings. The van der Waals surface area contributed by atoms with Crippen molar-refractivity contribution in [2.45, 2.75) is 25.7 Å². The minimum Gasteiger partial charge on any atom is -0.496 e. The molecule has 0 spiro atoms. The number of benzene rings is 2. The largest absolute Gasteiger partial charge is 0.496 e. The van der Waals surface area contributed by atoms with Gasteiger partial charge >= 0.3 is 0 Å². The molecule has 0 unspecified atom stereocenters. The average Bonchev–Trinajstić information content (AvgIpc) is 3.26. The van der Waals surface area contributed by atoms with Crippen molar-refractivity contribution in [1.82, 2.24) is 9.88 Å². The summed E-state index contributed by atoms with van der Waals surface area (Å²) in [7, 11) is 4.91. The molecule has 1 amide bonds. The Hall–Kier alpha value is -3.41. The van der Waals surface area contributed by atoms with Gasteiger partial charge in [0.1, 0.15) is 17.2 Å². The third-order valence-electron chi connectivity index (χ3n) is 6.11. The summed E-state index contributed by atoms with van der Waals surface area (Å²) < 4.78 is 16.5. The van der Waals surface area contributed by atoms with Crippen LogP contribution in [0.25, 0.3) is 16.5 Å². The lowest BCUT2D eigenvalue weighted by molar-refractivity contribution is -0.130. The van der Waals surface area contributed by atoms with Crippen LogP contribution in [-0.2, 0) is 11.2 Å². The van der Waals surface area contributed by atoms with Gasteiger partial charge in [0.25, 0.3) is 0 Å². The van der Waals surface area contributed by atoms with Crippen molar-refractivity contribution in [2.75, 3.05) is 34.4 Å². The first-order chi connectivity index (χ1) is 15.6. The van der Waals surface area contributed by atoms with Crippen LogP contribution in [-0.4, -0.2) is 50.2 Å². The average molecular weight is 435 g/mol. The highest BCUT2D eigenvalue weighted by Crippen LogP contribution is 2.40. The molecular weight excluding hydrogens is 404 g/mol. The van der Waals surface area contributed by atoms with E-state index in [1.165, 1.54) is 10.9 Å². The zero-order valence-corrected chi connectivity index (χ0v) is 18.9. The van der Waals surface area contributed by atoms with Gasteiger partial charge in [-0.15, -0.1) is 0 Å². The predicted octanol–water partition coefficient (Wildman–Crippen LogP) is 4.83. The van der Waals surface area contributed by atoms with E-state index >= 15 is 0 Å². The molecule has 0 bridgehead atoms. The molecule has 1 N–H and O–H groups in total. The molecule has 0 radical (unpaired) electrons. The van der Waals surface area contributed by atoms with E-state index in [1.807, 2.05) is 23.1 Å². The van der Waals surface area contributed by atoms with Crippen LogP contribution in [0.2, 0.25) is 0 Å². The van der Waals surface area contributed by atoms with E-state index in [1.54, 1.807) is 21.3 Å². The van der Waals surface area contributed by atoms with E-state index in [9.17, 15) is 4.79 Å². The van der Waals surface area contributed by atoms with Crippen LogP contribution in [0.3, 0.4) is 0 Å². The molecule has 2 heterocycles. The quantitative estimate of drug-likeness (QED) is 0.551. The Bertz CT molecular complexity index is 1110. The van der Waals surface area contributed by atoms with Crippen LogP contribution >= 0.6 is 0 Å². The molecule has 3 aromatic rings. The van der Waals surface area contributed by atoms with Crippen LogP contribution in [0.15, 0.2) is 48.7 Å². The van der Waals surface area contributed by atoms with Gasteiger partial charge in [0.15, 0.2) is 0 Å². The van der Waals surface area contributed by atoms with E-state index in [0.29, 0.717) is 36.8 Å².